The lowest BCUT2D eigenvalue weighted by molar-refractivity contribution is 0.598. The molecule has 100 valence electrons. The monoisotopic (exact) mass is 279 g/mol. The van der Waals surface area contributed by atoms with Crippen LogP contribution in [0.4, 0.5) is 11.8 Å². The van der Waals surface area contributed by atoms with Crippen LogP contribution in [0.5, 0.6) is 0 Å². The van der Waals surface area contributed by atoms with Crippen molar-refractivity contribution in [1.29, 1.82) is 0 Å². The van der Waals surface area contributed by atoms with Gasteiger partial charge < -0.3 is 11.1 Å². The Hall–Kier alpha value is -2.19. The van der Waals surface area contributed by atoms with Gasteiger partial charge in [0.1, 0.15) is 5.82 Å². The van der Waals surface area contributed by atoms with Gasteiger partial charge in [-0.3, -0.25) is 0 Å². The molecule has 2 rings (SSSR count). The van der Waals surface area contributed by atoms with Crippen molar-refractivity contribution in [3.63, 3.8) is 0 Å². The molecular formula is C11H13N5O2S. The van der Waals surface area contributed by atoms with E-state index >= 15 is 0 Å². The topological polar surface area (TPSA) is 124 Å². The molecular weight excluding hydrogens is 266 g/mol. The first-order valence-corrected chi connectivity index (χ1v) is 6.94. The van der Waals surface area contributed by atoms with Gasteiger partial charge in [-0.1, -0.05) is 12.1 Å². The molecule has 0 spiro atoms. The number of anilines is 2. The van der Waals surface area contributed by atoms with Crippen LogP contribution in [0, 0.1) is 0 Å². The van der Waals surface area contributed by atoms with Gasteiger partial charge in [0.25, 0.3) is 0 Å². The molecule has 0 aliphatic carbocycles. The number of nitrogens with zero attached hydrogens (tertiary/aromatic N) is 2. The lowest BCUT2D eigenvalue weighted by atomic mass is 10.2. The zero-order valence-corrected chi connectivity index (χ0v) is 10.8. The van der Waals surface area contributed by atoms with Crippen molar-refractivity contribution in [2.24, 2.45) is 5.14 Å². The molecule has 0 radical (unpaired) electrons. The molecule has 0 saturated heterocycles. The van der Waals surface area contributed by atoms with E-state index in [1.807, 2.05) is 0 Å². The van der Waals surface area contributed by atoms with Gasteiger partial charge in [0, 0.05) is 12.7 Å². The number of nitrogens with one attached hydrogen (secondary N) is 1. The number of sulfonamides is 1. The maximum Gasteiger partial charge on any atom is 0.238 e. The normalized spacial score (nSPS) is 11.2. The summed E-state index contributed by atoms with van der Waals surface area (Å²) >= 11 is 0. The molecule has 1 aromatic heterocycles. The van der Waals surface area contributed by atoms with Gasteiger partial charge in [-0.2, -0.15) is 4.98 Å². The Kier molecular flexibility index (Phi) is 3.63. The fourth-order valence-electron chi connectivity index (χ4n) is 1.46. The van der Waals surface area contributed by atoms with Crippen LogP contribution in [0.25, 0.3) is 0 Å². The summed E-state index contributed by atoms with van der Waals surface area (Å²) in [5.41, 5.74) is 6.35. The minimum Gasteiger partial charge on any atom is -0.368 e. The Morgan fingerprint density at radius 2 is 1.84 bits per heavy atom. The van der Waals surface area contributed by atoms with Gasteiger partial charge in [0.2, 0.25) is 16.0 Å². The zero-order chi connectivity index (χ0) is 13.9. The first-order chi connectivity index (χ1) is 8.95. The SMILES string of the molecule is Nc1nccc(NCc2ccc(S(N)(=O)=O)cc2)n1. The summed E-state index contributed by atoms with van der Waals surface area (Å²) in [5, 5.41) is 8.06. The fourth-order valence-corrected chi connectivity index (χ4v) is 1.98. The van der Waals surface area contributed by atoms with Gasteiger partial charge in [-0.15, -0.1) is 0 Å². The summed E-state index contributed by atoms with van der Waals surface area (Å²) < 4.78 is 22.2. The maximum atomic E-state index is 11.1. The smallest absolute Gasteiger partial charge is 0.238 e. The van der Waals surface area contributed by atoms with Gasteiger partial charge in [-0.05, 0) is 23.8 Å². The van der Waals surface area contributed by atoms with Crippen molar-refractivity contribution in [3.8, 4) is 0 Å². The molecule has 0 aliphatic rings. The predicted molar refractivity (Wildman–Crippen MR) is 71.6 cm³/mol. The average molecular weight is 279 g/mol. The van der Waals surface area contributed by atoms with Crippen LogP contribution in [-0.4, -0.2) is 18.4 Å². The van der Waals surface area contributed by atoms with Crippen molar-refractivity contribution in [1.82, 2.24) is 9.97 Å². The first kappa shape index (κ1) is 13.2. The molecule has 1 aromatic carbocycles. The van der Waals surface area contributed by atoms with Gasteiger partial charge in [-0.25, -0.2) is 18.5 Å². The molecule has 2 aromatic rings. The van der Waals surface area contributed by atoms with E-state index in [1.165, 1.54) is 12.1 Å². The lowest BCUT2D eigenvalue weighted by Crippen LogP contribution is -2.12. The number of nitrogens with two attached hydrogens (primary N) is 2. The molecule has 8 heteroatoms. The van der Waals surface area contributed by atoms with E-state index in [1.54, 1.807) is 24.4 Å². The number of benzene rings is 1. The summed E-state index contributed by atoms with van der Waals surface area (Å²) in [6, 6.07) is 7.96. The third-order valence-electron chi connectivity index (χ3n) is 2.40. The Bertz CT molecular complexity index is 670. The zero-order valence-electron chi connectivity index (χ0n) is 9.95. The molecule has 0 unspecified atom stereocenters. The second-order valence-electron chi connectivity index (χ2n) is 3.84. The molecule has 7 nitrogen and oxygen atoms in total. The molecule has 0 fully saturated rings. The van der Waals surface area contributed by atoms with Crippen molar-refractivity contribution < 1.29 is 8.42 Å². The molecule has 0 bridgehead atoms. The van der Waals surface area contributed by atoms with Crippen LogP contribution in [0.3, 0.4) is 0 Å². The molecule has 0 amide bonds. The number of rotatable bonds is 4. The van der Waals surface area contributed by atoms with E-state index in [0.717, 1.165) is 5.56 Å². The highest BCUT2D eigenvalue weighted by Crippen LogP contribution is 2.10. The van der Waals surface area contributed by atoms with Crippen LogP contribution in [0.1, 0.15) is 5.56 Å². The van der Waals surface area contributed by atoms with Gasteiger partial charge in [0.05, 0.1) is 4.90 Å². The molecule has 19 heavy (non-hydrogen) atoms. The van der Waals surface area contributed by atoms with Crippen LogP contribution in [-0.2, 0) is 16.6 Å². The van der Waals surface area contributed by atoms with E-state index in [-0.39, 0.29) is 10.8 Å². The number of nitrogen functional groups attached to an aromatic ring is 1. The highest BCUT2D eigenvalue weighted by molar-refractivity contribution is 7.89. The van der Waals surface area contributed by atoms with Crippen LogP contribution >= 0.6 is 0 Å². The van der Waals surface area contributed by atoms with Crippen LogP contribution in [0.15, 0.2) is 41.4 Å². The lowest BCUT2D eigenvalue weighted by Gasteiger charge is -2.06. The highest BCUT2D eigenvalue weighted by Gasteiger charge is 2.06. The molecule has 0 atom stereocenters. The molecule has 0 saturated carbocycles. The Morgan fingerprint density at radius 3 is 2.42 bits per heavy atom. The Morgan fingerprint density at radius 1 is 1.16 bits per heavy atom. The summed E-state index contributed by atoms with van der Waals surface area (Å²) in [6.45, 7) is 0.487. The molecule has 5 N–H and O–H groups in total. The van der Waals surface area contributed by atoms with Crippen molar-refractivity contribution in [2.45, 2.75) is 11.4 Å². The molecule has 1 heterocycles. The summed E-state index contributed by atoms with van der Waals surface area (Å²) in [6.07, 6.45) is 1.55. The minimum atomic E-state index is -3.65. The average Bonchev–Trinajstić information content (AvgIpc) is 2.36. The van der Waals surface area contributed by atoms with E-state index in [4.69, 9.17) is 10.9 Å². The van der Waals surface area contributed by atoms with Crippen molar-refractivity contribution >= 4 is 21.8 Å². The van der Waals surface area contributed by atoms with Crippen LogP contribution in [0.2, 0.25) is 0 Å². The van der Waals surface area contributed by atoms with Gasteiger partial charge >= 0.3 is 0 Å². The standard InChI is InChI=1S/C11H13N5O2S/c12-11-14-6-5-10(16-11)15-7-8-1-3-9(4-2-8)19(13,17)18/h1-6H,7H2,(H2,13,17,18)(H3,12,14,15,16). The fraction of sp³-hybridized carbons (Fsp3) is 0.0909. The van der Waals surface area contributed by atoms with E-state index in [9.17, 15) is 8.42 Å². The second kappa shape index (κ2) is 5.21. The van der Waals surface area contributed by atoms with Crippen molar-refractivity contribution in [2.75, 3.05) is 11.1 Å². The predicted octanol–water partition coefficient (Wildman–Crippen LogP) is 0.318. The minimum absolute atomic E-state index is 0.0857. The second-order valence-corrected chi connectivity index (χ2v) is 5.40. The highest BCUT2D eigenvalue weighted by atomic mass is 32.2. The number of aromatic nitrogens is 2. The van der Waals surface area contributed by atoms with E-state index in [2.05, 4.69) is 15.3 Å². The summed E-state index contributed by atoms with van der Waals surface area (Å²) in [5.74, 6) is 0.789. The van der Waals surface area contributed by atoms with E-state index in [0.29, 0.717) is 12.4 Å². The van der Waals surface area contributed by atoms with Crippen LogP contribution < -0.4 is 16.2 Å². The van der Waals surface area contributed by atoms with Gasteiger partial charge in [0.15, 0.2) is 0 Å². The van der Waals surface area contributed by atoms with E-state index < -0.39 is 10.0 Å². The number of hydrogen-bond donors (Lipinski definition) is 3. The molecule has 0 aliphatic heterocycles. The first-order valence-electron chi connectivity index (χ1n) is 5.39. The largest absolute Gasteiger partial charge is 0.368 e. The number of primary sulfonamides is 1. The third-order valence-corrected chi connectivity index (χ3v) is 3.33. The quantitative estimate of drug-likeness (QED) is 0.740. The maximum absolute atomic E-state index is 11.1. The number of hydrogen-bond acceptors (Lipinski definition) is 6. The Balaban J connectivity index is 2.05. The summed E-state index contributed by atoms with van der Waals surface area (Å²) in [4.78, 5) is 7.85. The Labute approximate surface area is 110 Å². The summed E-state index contributed by atoms with van der Waals surface area (Å²) in [7, 11) is -3.65. The third kappa shape index (κ3) is 3.63. The van der Waals surface area contributed by atoms with Crippen molar-refractivity contribution in [3.05, 3.63) is 42.1 Å².